The van der Waals surface area contributed by atoms with Gasteiger partial charge in [0.2, 0.25) is 0 Å². The molecule has 0 saturated carbocycles. The number of nitrogens with zero attached hydrogens (tertiary/aromatic N) is 4. The first-order valence-electron chi connectivity index (χ1n) is 8.36. The van der Waals surface area contributed by atoms with Crippen LogP contribution in [0.4, 0.5) is 0 Å². The highest BCUT2D eigenvalue weighted by atomic mass is 16.5. The molecule has 24 heavy (non-hydrogen) atoms. The molecule has 3 aromatic heterocycles. The summed E-state index contributed by atoms with van der Waals surface area (Å²) in [5.41, 5.74) is 2.27. The molecule has 1 N–H and O–H groups in total. The Morgan fingerprint density at radius 2 is 2.38 bits per heavy atom. The van der Waals surface area contributed by atoms with Gasteiger partial charge in [-0.1, -0.05) is 0 Å². The van der Waals surface area contributed by atoms with Crippen LogP contribution in [-0.4, -0.2) is 33.7 Å². The van der Waals surface area contributed by atoms with Crippen LogP contribution < -0.4 is 10.1 Å². The van der Waals surface area contributed by atoms with E-state index in [1.165, 1.54) is 0 Å². The van der Waals surface area contributed by atoms with Gasteiger partial charge in [0.25, 0.3) is 0 Å². The quantitative estimate of drug-likeness (QED) is 0.802. The highest BCUT2D eigenvalue weighted by Gasteiger charge is 2.20. The Balaban J connectivity index is 1.92. The second kappa shape index (κ2) is 6.10. The molecule has 0 amide bonds. The number of ether oxygens (including phenoxy) is 1. The maximum Gasteiger partial charge on any atom is 0.144 e. The van der Waals surface area contributed by atoms with Gasteiger partial charge in [0, 0.05) is 24.7 Å². The summed E-state index contributed by atoms with van der Waals surface area (Å²) in [6, 6.07) is 5.87. The van der Waals surface area contributed by atoms with Crippen LogP contribution in [0, 0.1) is 11.3 Å². The SMILES string of the molecule is CCn1c2cnc(C#N)cc2c2c(O[C@@H]3CCCNC3)ccnc21. The van der Waals surface area contributed by atoms with E-state index in [4.69, 9.17) is 4.74 Å². The second-order valence-corrected chi connectivity index (χ2v) is 6.04. The summed E-state index contributed by atoms with van der Waals surface area (Å²) in [5.74, 6) is 0.834. The number of piperidine rings is 1. The topological polar surface area (TPSA) is 75.8 Å². The molecule has 1 fully saturated rings. The van der Waals surface area contributed by atoms with Gasteiger partial charge in [0.15, 0.2) is 0 Å². The predicted molar refractivity (Wildman–Crippen MR) is 91.9 cm³/mol. The summed E-state index contributed by atoms with van der Waals surface area (Å²) in [5, 5.41) is 14.5. The van der Waals surface area contributed by atoms with Crippen molar-refractivity contribution in [1.82, 2.24) is 19.9 Å². The fourth-order valence-corrected chi connectivity index (χ4v) is 3.45. The number of aromatic nitrogens is 3. The van der Waals surface area contributed by atoms with Crippen molar-refractivity contribution in [3.05, 3.63) is 30.2 Å². The Morgan fingerprint density at radius 1 is 1.46 bits per heavy atom. The fourth-order valence-electron chi connectivity index (χ4n) is 3.45. The van der Waals surface area contributed by atoms with E-state index in [0.717, 1.165) is 60.2 Å². The van der Waals surface area contributed by atoms with Gasteiger partial charge in [-0.15, -0.1) is 0 Å². The summed E-state index contributed by atoms with van der Waals surface area (Å²) in [7, 11) is 0. The second-order valence-electron chi connectivity index (χ2n) is 6.04. The first kappa shape index (κ1) is 14.9. The van der Waals surface area contributed by atoms with Crippen LogP contribution in [0.25, 0.3) is 21.9 Å². The molecule has 0 radical (unpaired) electrons. The van der Waals surface area contributed by atoms with Crippen LogP contribution in [0.15, 0.2) is 24.5 Å². The lowest BCUT2D eigenvalue weighted by Gasteiger charge is -2.24. The van der Waals surface area contributed by atoms with Crippen LogP contribution in [0.5, 0.6) is 5.75 Å². The fraction of sp³-hybridized carbons (Fsp3) is 0.389. The predicted octanol–water partition coefficient (Wildman–Crippen LogP) is 2.61. The lowest BCUT2D eigenvalue weighted by molar-refractivity contribution is 0.169. The summed E-state index contributed by atoms with van der Waals surface area (Å²) >= 11 is 0. The number of nitrogens with one attached hydrogen (secondary N) is 1. The summed E-state index contributed by atoms with van der Waals surface area (Å²) in [4.78, 5) is 8.77. The van der Waals surface area contributed by atoms with Gasteiger partial charge in [-0.2, -0.15) is 5.26 Å². The minimum absolute atomic E-state index is 0.168. The molecule has 6 heteroatoms. The van der Waals surface area contributed by atoms with E-state index in [9.17, 15) is 5.26 Å². The van der Waals surface area contributed by atoms with E-state index in [1.54, 1.807) is 12.4 Å². The van der Waals surface area contributed by atoms with Gasteiger partial charge >= 0.3 is 0 Å². The zero-order valence-corrected chi connectivity index (χ0v) is 13.6. The number of rotatable bonds is 3. The monoisotopic (exact) mass is 321 g/mol. The Hall–Kier alpha value is -2.65. The average molecular weight is 321 g/mol. The van der Waals surface area contributed by atoms with Gasteiger partial charge in [-0.05, 0) is 38.4 Å². The first-order chi connectivity index (χ1) is 11.8. The van der Waals surface area contributed by atoms with E-state index >= 15 is 0 Å². The Bertz CT molecular complexity index is 934. The van der Waals surface area contributed by atoms with E-state index < -0.39 is 0 Å². The molecule has 1 aliphatic heterocycles. The molecule has 0 spiro atoms. The van der Waals surface area contributed by atoms with Crippen molar-refractivity contribution in [2.75, 3.05) is 13.1 Å². The van der Waals surface area contributed by atoms with Crippen LogP contribution in [0.3, 0.4) is 0 Å². The van der Waals surface area contributed by atoms with Gasteiger partial charge in [-0.25, -0.2) is 9.97 Å². The molecule has 0 aromatic carbocycles. The molecule has 0 unspecified atom stereocenters. The number of hydrogen-bond acceptors (Lipinski definition) is 5. The molecule has 1 aliphatic rings. The molecule has 4 rings (SSSR count). The number of nitriles is 1. The lowest BCUT2D eigenvalue weighted by Crippen LogP contribution is -2.37. The van der Waals surface area contributed by atoms with E-state index in [0.29, 0.717) is 5.69 Å². The normalized spacial score (nSPS) is 17.9. The van der Waals surface area contributed by atoms with Crippen molar-refractivity contribution in [1.29, 1.82) is 5.26 Å². The minimum Gasteiger partial charge on any atom is -0.488 e. The van der Waals surface area contributed by atoms with Crippen molar-refractivity contribution >= 4 is 21.9 Å². The van der Waals surface area contributed by atoms with Crippen molar-refractivity contribution in [2.24, 2.45) is 0 Å². The Kier molecular flexibility index (Phi) is 3.79. The van der Waals surface area contributed by atoms with Crippen molar-refractivity contribution in [3.8, 4) is 11.8 Å². The maximum atomic E-state index is 9.19. The maximum absolute atomic E-state index is 9.19. The van der Waals surface area contributed by atoms with Crippen LogP contribution >= 0.6 is 0 Å². The van der Waals surface area contributed by atoms with Gasteiger partial charge in [-0.3, -0.25) is 0 Å². The number of aryl methyl sites for hydroxylation is 1. The van der Waals surface area contributed by atoms with E-state index in [1.807, 2.05) is 12.1 Å². The molecular formula is C18H19N5O. The van der Waals surface area contributed by atoms with Crippen LogP contribution in [-0.2, 0) is 6.54 Å². The Labute approximate surface area is 140 Å². The molecule has 3 aromatic rings. The third-order valence-corrected chi connectivity index (χ3v) is 4.57. The molecule has 122 valence electrons. The summed E-state index contributed by atoms with van der Waals surface area (Å²) < 4.78 is 8.40. The van der Waals surface area contributed by atoms with Gasteiger partial charge < -0.3 is 14.6 Å². The lowest BCUT2D eigenvalue weighted by atomic mass is 10.1. The highest BCUT2D eigenvalue weighted by Crippen LogP contribution is 2.35. The van der Waals surface area contributed by atoms with Gasteiger partial charge in [0.05, 0.1) is 17.1 Å². The number of fused-ring (bicyclic) bond motifs is 3. The van der Waals surface area contributed by atoms with Crippen LogP contribution in [0.2, 0.25) is 0 Å². The number of pyridine rings is 2. The smallest absolute Gasteiger partial charge is 0.144 e. The van der Waals surface area contributed by atoms with Gasteiger partial charge in [0.1, 0.15) is 29.3 Å². The molecule has 0 bridgehead atoms. The largest absolute Gasteiger partial charge is 0.488 e. The standard InChI is InChI=1S/C18H19N5O/c1-2-23-15-11-22-12(9-19)8-14(15)17-16(5-7-21-18(17)23)24-13-4-3-6-20-10-13/h5,7-8,11,13,20H,2-4,6,10H2,1H3/t13-/m1/s1. The van der Waals surface area contributed by atoms with E-state index in [2.05, 4.69) is 32.8 Å². The number of hydrogen-bond donors (Lipinski definition) is 1. The summed E-state index contributed by atoms with van der Waals surface area (Å²) in [6.07, 6.45) is 5.89. The zero-order chi connectivity index (χ0) is 16.5. The highest BCUT2D eigenvalue weighted by molar-refractivity contribution is 6.09. The van der Waals surface area contributed by atoms with E-state index in [-0.39, 0.29) is 6.10 Å². The first-order valence-corrected chi connectivity index (χ1v) is 8.36. The zero-order valence-electron chi connectivity index (χ0n) is 13.6. The third kappa shape index (κ3) is 2.38. The molecule has 0 aliphatic carbocycles. The Morgan fingerprint density at radius 3 is 3.12 bits per heavy atom. The molecule has 6 nitrogen and oxygen atoms in total. The summed E-state index contributed by atoms with van der Waals surface area (Å²) in [6.45, 7) is 4.78. The molecular weight excluding hydrogens is 302 g/mol. The minimum atomic E-state index is 0.168. The van der Waals surface area contributed by atoms with Crippen LogP contribution in [0.1, 0.15) is 25.5 Å². The average Bonchev–Trinajstić information content (AvgIpc) is 2.96. The molecule has 4 heterocycles. The molecule has 1 saturated heterocycles. The van der Waals surface area contributed by atoms with Crippen molar-refractivity contribution in [2.45, 2.75) is 32.4 Å². The molecule has 1 atom stereocenters. The van der Waals surface area contributed by atoms with Crippen molar-refractivity contribution in [3.63, 3.8) is 0 Å². The third-order valence-electron chi connectivity index (χ3n) is 4.57. The van der Waals surface area contributed by atoms with Crippen molar-refractivity contribution < 1.29 is 4.74 Å².